The fourth-order valence-corrected chi connectivity index (χ4v) is 2.79. The average Bonchev–Trinajstić information content (AvgIpc) is 3.02. The van der Waals surface area contributed by atoms with Crippen LogP contribution in [0.1, 0.15) is 10.4 Å². The molecule has 106 valence electrons. The maximum atomic E-state index is 12.0. The van der Waals surface area contributed by atoms with Crippen molar-refractivity contribution in [1.29, 1.82) is 0 Å². The summed E-state index contributed by atoms with van der Waals surface area (Å²) >= 11 is 6.85. The Hall–Kier alpha value is -2.45. The number of anilines is 1. The molecule has 3 aromatic rings. The minimum atomic E-state index is -0.483. The molecule has 0 unspecified atom stereocenters. The molecule has 21 heavy (non-hydrogen) atoms. The Bertz CT molecular complexity index is 857. The van der Waals surface area contributed by atoms with Gasteiger partial charge in [0.15, 0.2) is 5.13 Å². The summed E-state index contributed by atoms with van der Waals surface area (Å²) in [7, 11) is 0. The molecular formula is C12H6ClN3O4S. The predicted octanol–water partition coefficient (Wildman–Crippen LogP) is 3.70. The van der Waals surface area contributed by atoms with Gasteiger partial charge in [0.25, 0.3) is 11.6 Å². The van der Waals surface area contributed by atoms with Gasteiger partial charge in [-0.05, 0) is 23.7 Å². The number of halogens is 1. The molecule has 0 aliphatic heterocycles. The van der Waals surface area contributed by atoms with Crippen molar-refractivity contribution in [2.75, 3.05) is 5.32 Å². The zero-order valence-electron chi connectivity index (χ0n) is 10.2. The quantitative estimate of drug-likeness (QED) is 0.585. The lowest BCUT2D eigenvalue weighted by molar-refractivity contribution is -0.384. The van der Waals surface area contributed by atoms with E-state index in [4.69, 9.17) is 16.0 Å². The number of amides is 1. The number of hydrogen-bond acceptors (Lipinski definition) is 6. The maximum Gasteiger partial charge on any atom is 0.270 e. The van der Waals surface area contributed by atoms with Crippen LogP contribution in [-0.2, 0) is 0 Å². The molecular weight excluding hydrogens is 318 g/mol. The van der Waals surface area contributed by atoms with Gasteiger partial charge in [0.1, 0.15) is 0 Å². The Morgan fingerprint density at radius 3 is 2.90 bits per heavy atom. The molecule has 0 aliphatic rings. The number of fused-ring (bicyclic) bond motifs is 1. The first-order valence-corrected chi connectivity index (χ1v) is 6.83. The Balaban J connectivity index is 1.89. The lowest BCUT2D eigenvalue weighted by Gasteiger charge is -1.97. The van der Waals surface area contributed by atoms with Crippen LogP contribution in [0.5, 0.6) is 0 Å². The molecule has 0 atom stereocenters. The van der Waals surface area contributed by atoms with Crippen molar-refractivity contribution in [3.8, 4) is 0 Å². The van der Waals surface area contributed by atoms with E-state index in [0.717, 1.165) is 11.3 Å². The molecule has 0 saturated heterocycles. The van der Waals surface area contributed by atoms with Crippen LogP contribution in [0.15, 0.2) is 34.9 Å². The maximum absolute atomic E-state index is 12.0. The number of benzene rings is 1. The molecule has 1 aromatic carbocycles. The smallest absolute Gasteiger partial charge is 0.270 e. The number of non-ortho nitro benzene ring substituents is 1. The standard InChI is InChI=1S/C12H6ClN3O4S/c13-10-7(3-4-20-10)11(17)15-12-14-8-2-1-6(16(18)19)5-9(8)21-12/h1-5H,(H,14,15,17). The fraction of sp³-hybridized carbons (Fsp3) is 0. The minimum Gasteiger partial charge on any atom is -0.452 e. The molecule has 2 heterocycles. The third-order valence-electron chi connectivity index (χ3n) is 2.67. The first-order valence-electron chi connectivity index (χ1n) is 5.64. The van der Waals surface area contributed by atoms with Crippen molar-refractivity contribution in [2.24, 2.45) is 0 Å². The number of rotatable bonds is 3. The van der Waals surface area contributed by atoms with Crippen LogP contribution >= 0.6 is 22.9 Å². The van der Waals surface area contributed by atoms with E-state index in [9.17, 15) is 14.9 Å². The van der Waals surface area contributed by atoms with Crippen LogP contribution in [0.25, 0.3) is 10.2 Å². The second-order valence-corrected chi connectivity index (χ2v) is 5.36. The SMILES string of the molecule is O=C(Nc1nc2ccc([N+](=O)[O-])cc2s1)c1ccoc1Cl. The second-order valence-electron chi connectivity index (χ2n) is 3.99. The summed E-state index contributed by atoms with van der Waals surface area (Å²) in [5.41, 5.74) is 0.739. The zero-order valence-corrected chi connectivity index (χ0v) is 11.8. The molecule has 0 bridgehead atoms. The zero-order chi connectivity index (χ0) is 15.0. The topological polar surface area (TPSA) is 98.3 Å². The van der Waals surface area contributed by atoms with E-state index in [1.54, 1.807) is 0 Å². The molecule has 1 amide bonds. The highest BCUT2D eigenvalue weighted by Crippen LogP contribution is 2.29. The number of nitrogens with one attached hydrogen (secondary N) is 1. The molecule has 0 spiro atoms. The van der Waals surface area contributed by atoms with E-state index in [-0.39, 0.29) is 16.5 Å². The summed E-state index contributed by atoms with van der Waals surface area (Å²) in [5.74, 6) is -0.456. The summed E-state index contributed by atoms with van der Waals surface area (Å²) in [6, 6.07) is 5.74. The van der Waals surface area contributed by atoms with Gasteiger partial charge in [0.2, 0.25) is 5.22 Å². The number of thiazole rings is 1. The van der Waals surface area contributed by atoms with Crippen molar-refractivity contribution in [2.45, 2.75) is 0 Å². The number of hydrogen-bond donors (Lipinski definition) is 1. The van der Waals surface area contributed by atoms with Crippen molar-refractivity contribution in [1.82, 2.24) is 4.98 Å². The lowest BCUT2D eigenvalue weighted by Crippen LogP contribution is -2.10. The highest BCUT2D eigenvalue weighted by atomic mass is 35.5. The Morgan fingerprint density at radius 1 is 1.43 bits per heavy atom. The second kappa shape index (κ2) is 5.15. The van der Waals surface area contributed by atoms with Gasteiger partial charge >= 0.3 is 0 Å². The number of nitro benzene ring substituents is 1. The van der Waals surface area contributed by atoms with Crippen LogP contribution in [0.3, 0.4) is 0 Å². The van der Waals surface area contributed by atoms with Gasteiger partial charge < -0.3 is 4.42 Å². The highest BCUT2D eigenvalue weighted by Gasteiger charge is 2.16. The predicted molar refractivity (Wildman–Crippen MR) is 77.9 cm³/mol. The fourth-order valence-electron chi connectivity index (χ4n) is 1.70. The van der Waals surface area contributed by atoms with Crippen LogP contribution in [-0.4, -0.2) is 15.8 Å². The van der Waals surface area contributed by atoms with E-state index in [1.807, 2.05) is 0 Å². The van der Waals surface area contributed by atoms with Crippen molar-refractivity contribution >= 4 is 49.9 Å². The number of nitro groups is 1. The number of furan rings is 1. The van der Waals surface area contributed by atoms with E-state index >= 15 is 0 Å². The summed E-state index contributed by atoms with van der Waals surface area (Å²) in [6.45, 7) is 0. The molecule has 0 fully saturated rings. The minimum absolute atomic E-state index is 0.00995. The molecule has 7 nitrogen and oxygen atoms in total. The molecule has 1 N–H and O–H groups in total. The number of carbonyl (C=O) groups excluding carboxylic acids is 1. The third kappa shape index (κ3) is 2.58. The molecule has 0 aliphatic carbocycles. The summed E-state index contributed by atoms with van der Waals surface area (Å²) in [4.78, 5) is 26.4. The third-order valence-corrected chi connectivity index (χ3v) is 3.89. The van der Waals surface area contributed by atoms with Crippen LogP contribution < -0.4 is 5.32 Å². The molecule has 0 radical (unpaired) electrons. The van der Waals surface area contributed by atoms with Gasteiger partial charge in [0, 0.05) is 12.1 Å². The summed E-state index contributed by atoms with van der Waals surface area (Å²) in [5, 5.41) is 13.6. The number of carbonyl (C=O) groups is 1. The lowest BCUT2D eigenvalue weighted by atomic mass is 10.3. The summed E-state index contributed by atoms with van der Waals surface area (Å²) in [6.07, 6.45) is 1.30. The van der Waals surface area contributed by atoms with Gasteiger partial charge in [-0.2, -0.15) is 0 Å². The van der Waals surface area contributed by atoms with Gasteiger partial charge in [-0.1, -0.05) is 11.3 Å². The monoisotopic (exact) mass is 323 g/mol. The van der Waals surface area contributed by atoms with Crippen molar-refractivity contribution in [3.05, 3.63) is 51.4 Å². The number of nitrogens with zero attached hydrogens (tertiary/aromatic N) is 2. The number of aromatic nitrogens is 1. The largest absolute Gasteiger partial charge is 0.452 e. The summed E-state index contributed by atoms with van der Waals surface area (Å²) < 4.78 is 5.45. The Morgan fingerprint density at radius 2 is 2.24 bits per heavy atom. The average molecular weight is 324 g/mol. The molecule has 3 rings (SSSR count). The highest BCUT2D eigenvalue weighted by molar-refractivity contribution is 7.22. The van der Waals surface area contributed by atoms with Gasteiger partial charge in [-0.15, -0.1) is 0 Å². The molecule has 9 heteroatoms. The van der Waals surface area contributed by atoms with E-state index in [2.05, 4.69) is 10.3 Å². The molecule has 2 aromatic heterocycles. The van der Waals surface area contributed by atoms with Gasteiger partial charge in [-0.25, -0.2) is 4.98 Å². The van der Waals surface area contributed by atoms with Crippen molar-refractivity contribution < 1.29 is 14.1 Å². The van der Waals surface area contributed by atoms with Gasteiger partial charge in [-0.3, -0.25) is 20.2 Å². The van der Waals surface area contributed by atoms with Crippen LogP contribution in [0, 0.1) is 10.1 Å². The first-order chi connectivity index (χ1) is 10.0. The van der Waals surface area contributed by atoms with Crippen molar-refractivity contribution in [3.63, 3.8) is 0 Å². The Kier molecular flexibility index (Phi) is 3.32. The molecule has 0 saturated carbocycles. The first kappa shape index (κ1) is 13.5. The van der Waals surface area contributed by atoms with E-state index in [1.165, 1.54) is 30.5 Å². The van der Waals surface area contributed by atoms with Gasteiger partial charge in [0.05, 0.1) is 27.0 Å². The normalized spacial score (nSPS) is 10.7. The van der Waals surface area contributed by atoms with E-state index in [0.29, 0.717) is 15.3 Å². The van der Waals surface area contributed by atoms with Crippen LogP contribution in [0.4, 0.5) is 10.8 Å². The van der Waals surface area contributed by atoms with Crippen LogP contribution in [0.2, 0.25) is 5.22 Å². The van der Waals surface area contributed by atoms with E-state index < -0.39 is 10.8 Å². The Labute approximate surface area is 126 Å².